The summed E-state index contributed by atoms with van der Waals surface area (Å²) in [7, 11) is -8.90. The maximum Gasteiger partial charge on any atom is 0.261 e. The van der Waals surface area contributed by atoms with Crippen molar-refractivity contribution in [2.75, 3.05) is 26.2 Å². The Kier molecular flexibility index (Phi) is 15.5. The molecule has 2 amide bonds. The lowest BCUT2D eigenvalue weighted by molar-refractivity contribution is -0.128. The fourth-order valence-corrected chi connectivity index (χ4v) is 11.4. The van der Waals surface area contributed by atoms with Crippen molar-refractivity contribution < 1.29 is 27.3 Å². The molecule has 3 rings (SSSR count). The second kappa shape index (κ2) is 17.6. The van der Waals surface area contributed by atoms with Gasteiger partial charge in [0.2, 0.25) is 0 Å². The zero-order valence-electron chi connectivity index (χ0n) is 39.6. The molecule has 1 aromatic carbocycles. The van der Waals surface area contributed by atoms with Gasteiger partial charge in [-0.1, -0.05) is 108 Å². The van der Waals surface area contributed by atoms with E-state index < -0.39 is 33.3 Å². The lowest BCUT2D eigenvalue weighted by Gasteiger charge is -2.56. The van der Waals surface area contributed by atoms with Crippen molar-refractivity contribution in [3.8, 4) is 0 Å². The quantitative estimate of drug-likeness (QED) is 0.0931. The van der Waals surface area contributed by atoms with Crippen LogP contribution in [0.25, 0.3) is 0 Å². The Morgan fingerprint density at radius 1 is 0.554 bits per heavy atom. The van der Waals surface area contributed by atoms with Crippen molar-refractivity contribution in [2.24, 2.45) is 0 Å². The first-order chi connectivity index (χ1) is 25.2. The predicted octanol–water partition coefficient (Wildman–Crippen LogP) is 11.7. The number of unbranched alkanes of at least 4 members (excludes halogenated alkanes) is 3. The van der Waals surface area contributed by atoms with Crippen molar-refractivity contribution >= 4 is 45.1 Å². The van der Waals surface area contributed by atoms with Crippen LogP contribution in [0.3, 0.4) is 0 Å². The molecule has 1 aromatic rings. The molecule has 0 spiro atoms. The largest absolute Gasteiger partial charge is 0.415 e. The molecule has 2 aliphatic rings. The van der Waals surface area contributed by atoms with Gasteiger partial charge in [0.05, 0.1) is 42.1 Å². The van der Waals surface area contributed by atoms with Gasteiger partial charge in [-0.3, -0.25) is 19.4 Å². The molecule has 0 aliphatic carbocycles. The van der Waals surface area contributed by atoms with Crippen LogP contribution < -0.4 is 0 Å². The smallest absolute Gasteiger partial charge is 0.261 e. The number of hydrogen-bond donors (Lipinski definition) is 0. The average molecular weight is 850 g/mol. The standard InChI is InChI=1S/C44H84N2O6Si4/c1-41(2,3)53(13,14)49-32-35-37(51-55(17,18)43(7,8)9)38(52-56(19,20)44(10,11)12)36(50-54(15,16)42(4,5)6)31-45(35)29-25-21-22-26-30-46-39(47)33-27-23-24-28-34(33)40(46)48/h23-24,27-28,35-38H,21-22,25-26,29-32H2,1-20H3/t35-,36?,37?,38?/m1/s1. The number of hydrogen-bond acceptors (Lipinski definition) is 7. The Hall–Kier alpha value is -0.972. The van der Waals surface area contributed by atoms with Crippen LogP contribution in [0, 0.1) is 0 Å². The van der Waals surface area contributed by atoms with E-state index in [0.29, 0.717) is 24.3 Å². The first kappa shape index (κ1) is 49.4. The highest BCUT2D eigenvalue weighted by molar-refractivity contribution is 6.75. The van der Waals surface area contributed by atoms with E-state index in [-0.39, 0.29) is 56.3 Å². The number of fused-ring (bicyclic) bond motifs is 1. The molecule has 322 valence electrons. The second-order valence-corrected chi connectivity index (χ2v) is 42.0. The predicted molar refractivity (Wildman–Crippen MR) is 245 cm³/mol. The van der Waals surface area contributed by atoms with Crippen LogP contribution in [0.2, 0.25) is 72.5 Å². The van der Waals surface area contributed by atoms with E-state index in [1.165, 1.54) is 4.90 Å². The van der Waals surface area contributed by atoms with Crippen molar-refractivity contribution in [1.82, 2.24) is 9.80 Å². The molecule has 12 heteroatoms. The SMILES string of the molecule is CC(C)(C)[Si](C)(C)OC[C@@H]1C(O[Si](C)(C)C(C)(C)C)C(O[Si](C)(C)C(C)(C)C)C(O[Si](C)(C)C(C)(C)C)CN1CCCCCCN1C(=O)c2ccccc2C1=O. The minimum Gasteiger partial charge on any atom is -0.415 e. The van der Waals surface area contributed by atoms with Gasteiger partial charge in [-0.05, 0) is 104 Å². The molecule has 4 atom stereocenters. The third-order valence-corrected chi connectivity index (χ3v) is 32.5. The van der Waals surface area contributed by atoms with Gasteiger partial charge in [0, 0.05) is 13.1 Å². The van der Waals surface area contributed by atoms with Crippen LogP contribution >= 0.6 is 0 Å². The van der Waals surface area contributed by atoms with E-state index in [0.717, 1.165) is 38.8 Å². The molecule has 0 aromatic heterocycles. The first-order valence-corrected chi connectivity index (χ1v) is 33.2. The van der Waals surface area contributed by atoms with Crippen LogP contribution in [-0.2, 0) is 17.7 Å². The first-order valence-electron chi connectivity index (χ1n) is 21.5. The van der Waals surface area contributed by atoms with E-state index in [2.05, 4.69) is 140 Å². The van der Waals surface area contributed by atoms with Gasteiger partial charge in [0.25, 0.3) is 11.8 Å². The number of likely N-dealkylation sites (tertiary alicyclic amines) is 1. The summed E-state index contributed by atoms with van der Waals surface area (Å²) in [5.41, 5.74) is 1.04. The van der Waals surface area contributed by atoms with Crippen LogP contribution in [0.4, 0.5) is 0 Å². The maximum absolute atomic E-state index is 13.0. The van der Waals surface area contributed by atoms with Crippen LogP contribution in [-0.4, -0.2) is 105 Å². The van der Waals surface area contributed by atoms with E-state index >= 15 is 0 Å². The van der Waals surface area contributed by atoms with E-state index in [1.807, 2.05) is 12.1 Å². The Morgan fingerprint density at radius 2 is 0.946 bits per heavy atom. The molecule has 8 nitrogen and oxygen atoms in total. The van der Waals surface area contributed by atoms with E-state index in [9.17, 15) is 9.59 Å². The van der Waals surface area contributed by atoms with Crippen LogP contribution in [0.1, 0.15) is 129 Å². The zero-order chi connectivity index (χ0) is 43.1. The summed E-state index contributed by atoms with van der Waals surface area (Å²) in [6.07, 6.45) is 3.15. The fraction of sp³-hybridized carbons (Fsp3) is 0.818. The third kappa shape index (κ3) is 11.4. The van der Waals surface area contributed by atoms with Crippen molar-refractivity contribution in [3.05, 3.63) is 35.4 Å². The van der Waals surface area contributed by atoms with E-state index in [4.69, 9.17) is 17.7 Å². The summed E-state index contributed by atoms with van der Waals surface area (Å²) in [5.74, 6) is -0.336. The molecule has 1 fully saturated rings. The molecular formula is C44H84N2O6Si4. The van der Waals surface area contributed by atoms with Gasteiger partial charge in [0.1, 0.15) is 0 Å². The molecule has 1 saturated heterocycles. The van der Waals surface area contributed by atoms with Gasteiger partial charge in [-0.15, -0.1) is 0 Å². The Bertz CT molecular complexity index is 1470. The normalized spacial score (nSPS) is 22.6. The number of amides is 2. The van der Waals surface area contributed by atoms with Crippen LogP contribution in [0.15, 0.2) is 24.3 Å². The third-order valence-electron chi connectivity index (χ3n) is 14.6. The topological polar surface area (TPSA) is 77.5 Å². The molecule has 0 saturated carbocycles. The number of imide groups is 1. The van der Waals surface area contributed by atoms with Crippen molar-refractivity contribution in [1.29, 1.82) is 0 Å². The summed E-state index contributed by atoms with van der Waals surface area (Å²) < 4.78 is 30.0. The zero-order valence-corrected chi connectivity index (χ0v) is 43.6. The van der Waals surface area contributed by atoms with Gasteiger partial charge in [-0.2, -0.15) is 0 Å². The second-order valence-electron chi connectivity index (χ2n) is 23.0. The number of benzene rings is 1. The highest BCUT2D eigenvalue weighted by atomic mass is 28.4. The van der Waals surface area contributed by atoms with Gasteiger partial charge in [-0.25, -0.2) is 0 Å². The number of nitrogens with zero attached hydrogens (tertiary/aromatic N) is 2. The molecule has 0 N–H and O–H groups in total. The van der Waals surface area contributed by atoms with Gasteiger partial charge >= 0.3 is 0 Å². The number of piperidine rings is 1. The molecule has 2 aliphatic heterocycles. The minimum absolute atomic E-state index is 0.00521. The Morgan fingerprint density at radius 3 is 1.38 bits per heavy atom. The molecule has 0 bridgehead atoms. The average Bonchev–Trinajstić information content (AvgIpc) is 3.26. The molecule has 2 heterocycles. The lowest BCUT2D eigenvalue weighted by Crippen LogP contribution is -2.70. The monoisotopic (exact) mass is 849 g/mol. The Balaban J connectivity index is 2.00. The number of carbonyl (C=O) groups is 2. The minimum atomic E-state index is -2.30. The fourth-order valence-electron chi connectivity index (χ4n) is 6.44. The lowest BCUT2D eigenvalue weighted by atomic mass is 9.94. The number of rotatable bonds is 16. The molecular weight excluding hydrogens is 765 g/mol. The summed E-state index contributed by atoms with van der Waals surface area (Å²) >= 11 is 0. The van der Waals surface area contributed by atoms with Crippen molar-refractivity contribution in [2.45, 2.75) is 206 Å². The maximum atomic E-state index is 13.0. The highest BCUT2D eigenvalue weighted by Crippen LogP contribution is 2.46. The number of carbonyl (C=O) groups excluding carboxylic acids is 2. The van der Waals surface area contributed by atoms with Gasteiger partial charge in [0.15, 0.2) is 33.3 Å². The van der Waals surface area contributed by atoms with Gasteiger partial charge < -0.3 is 17.7 Å². The summed E-state index contributed by atoms with van der Waals surface area (Å²) in [6.45, 7) is 49.5. The summed E-state index contributed by atoms with van der Waals surface area (Å²) in [6, 6.07) is 7.16. The van der Waals surface area contributed by atoms with Crippen molar-refractivity contribution in [3.63, 3.8) is 0 Å². The van der Waals surface area contributed by atoms with E-state index in [1.54, 1.807) is 12.1 Å². The summed E-state index contributed by atoms with van der Waals surface area (Å²) in [5, 5.41) is 0.147. The highest BCUT2D eigenvalue weighted by Gasteiger charge is 2.55. The van der Waals surface area contributed by atoms with Crippen LogP contribution in [0.5, 0.6) is 0 Å². The Labute approximate surface area is 348 Å². The molecule has 0 radical (unpaired) electrons. The molecule has 3 unspecified atom stereocenters. The molecule has 56 heavy (non-hydrogen) atoms. The summed E-state index contributed by atoms with van der Waals surface area (Å²) in [4.78, 5) is 30.0.